The molecule has 3 nitrogen and oxygen atoms in total. The van der Waals surface area contributed by atoms with Crippen LogP contribution >= 0.6 is 0 Å². The van der Waals surface area contributed by atoms with Crippen LogP contribution in [0.5, 0.6) is 0 Å². The van der Waals surface area contributed by atoms with E-state index in [-0.39, 0.29) is 4.90 Å². The average Bonchev–Trinajstić information content (AvgIpc) is 2.63. The van der Waals surface area contributed by atoms with Gasteiger partial charge in [-0.05, 0) is 30.2 Å². The van der Waals surface area contributed by atoms with Crippen LogP contribution in [0.25, 0.3) is 0 Å². The molecule has 4 heteroatoms. The quantitative estimate of drug-likeness (QED) is 0.600. The molecule has 132 valence electrons. The summed E-state index contributed by atoms with van der Waals surface area (Å²) in [5.74, 6) is 0. The highest BCUT2D eigenvalue weighted by atomic mass is 32.2. The molecule has 0 radical (unpaired) electrons. The highest BCUT2D eigenvalue weighted by Crippen LogP contribution is 2.16. The summed E-state index contributed by atoms with van der Waals surface area (Å²) in [5, 5.41) is 0. The summed E-state index contributed by atoms with van der Waals surface area (Å²) in [7, 11) is -3.73. The zero-order valence-corrected chi connectivity index (χ0v) is 15.5. The Morgan fingerprint density at radius 3 is 1.65 bits per heavy atom. The van der Waals surface area contributed by atoms with Gasteiger partial charge in [0.25, 0.3) is 10.0 Å². The first kappa shape index (κ1) is 18.1. The summed E-state index contributed by atoms with van der Waals surface area (Å²) >= 11 is 0. The number of nitrogens with zero attached hydrogens (tertiary/aromatic N) is 1. The van der Waals surface area contributed by atoms with Crippen molar-refractivity contribution in [2.24, 2.45) is 4.40 Å². The van der Waals surface area contributed by atoms with Crippen molar-refractivity contribution in [1.82, 2.24) is 0 Å². The standard InChI is InChI=1S/C22H21NO2S/c1-18-12-14-22(15-13-18)26(24,25)23-21(16-19-8-4-2-5-9-19)17-20-10-6-3-7-11-20/h2-15H,16-17H2,1H3. The van der Waals surface area contributed by atoms with Crippen LogP contribution in [-0.4, -0.2) is 14.1 Å². The van der Waals surface area contributed by atoms with Crippen LogP contribution in [0.2, 0.25) is 0 Å². The molecule has 0 saturated carbocycles. The van der Waals surface area contributed by atoms with Crippen molar-refractivity contribution in [1.29, 1.82) is 0 Å². The summed E-state index contributed by atoms with van der Waals surface area (Å²) in [5.41, 5.74) is 3.73. The highest BCUT2D eigenvalue weighted by molar-refractivity contribution is 7.90. The molecule has 0 aliphatic rings. The summed E-state index contributed by atoms with van der Waals surface area (Å²) < 4.78 is 29.7. The molecule has 0 aliphatic heterocycles. The largest absolute Gasteiger partial charge is 0.282 e. The third-order valence-corrected chi connectivity index (χ3v) is 5.44. The first-order valence-corrected chi connectivity index (χ1v) is 9.94. The second kappa shape index (κ2) is 8.11. The van der Waals surface area contributed by atoms with E-state index in [1.165, 1.54) is 0 Å². The molecule has 0 fully saturated rings. The Bertz CT molecular complexity index is 934. The number of rotatable bonds is 6. The molecule has 0 spiro atoms. The van der Waals surface area contributed by atoms with Gasteiger partial charge in [-0.25, -0.2) is 0 Å². The van der Waals surface area contributed by atoms with Gasteiger partial charge in [0.05, 0.1) is 4.90 Å². The van der Waals surface area contributed by atoms with E-state index in [1.54, 1.807) is 24.3 Å². The van der Waals surface area contributed by atoms with E-state index in [9.17, 15) is 8.42 Å². The minimum atomic E-state index is -3.73. The fourth-order valence-corrected chi connectivity index (χ4v) is 3.78. The van der Waals surface area contributed by atoms with Gasteiger partial charge in [-0.1, -0.05) is 78.4 Å². The maximum Gasteiger partial charge on any atom is 0.282 e. The van der Waals surface area contributed by atoms with Crippen molar-refractivity contribution in [3.05, 3.63) is 102 Å². The van der Waals surface area contributed by atoms with Crippen molar-refractivity contribution in [3.8, 4) is 0 Å². The number of hydrogen-bond acceptors (Lipinski definition) is 2. The molecule has 3 aromatic carbocycles. The molecule has 0 bridgehead atoms. The van der Waals surface area contributed by atoms with Gasteiger partial charge in [-0.15, -0.1) is 0 Å². The van der Waals surface area contributed by atoms with Crippen molar-refractivity contribution in [2.45, 2.75) is 24.7 Å². The predicted molar refractivity (Wildman–Crippen MR) is 106 cm³/mol. The number of benzene rings is 3. The van der Waals surface area contributed by atoms with Crippen molar-refractivity contribution in [2.75, 3.05) is 0 Å². The van der Waals surface area contributed by atoms with E-state index in [4.69, 9.17) is 0 Å². The van der Waals surface area contributed by atoms with Gasteiger partial charge in [0.1, 0.15) is 0 Å². The molecule has 0 aliphatic carbocycles. The molecule has 0 N–H and O–H groups in total. The molecule has 26 heavy (non-hydrogen) atoms. The van der Waals surface area contributed by atoms with Gasteiger partial charge in [0.15, 0.2) is 0 Å². The van der Waals surface area contributed by atoms with Crippen molar-refractivity contribution >= 4 is 15.7 Å². The maximum absolute atomic E-state index is 12.7. The van der Waals surface area contributed by atoms with Gasteiger partial charge in [0, 0.05) is 18.6 Å². The van der Waals surface area contributed by atoms with Crippen molar-refractivity contribution < 1.29 is 8.42 Å². The highest BCUT2D eigenvalue weighted by Gasteiger charge is 2.15. The van der Waals surface area contributed by atoms with Gasteiger partial charge < -0.3 is 0 Å². The number of hydrogen-bond donors (Lipinski definition) is 0. The van der Waals surface area contributed by atoms with Crippen LogP contribution in [0.3, 0.4) is 0 Å². The van der Waals surface area contributed by atoms with Crippen LogP contribution < -0.4 is 0 Å². The lowest BCUT2D eigenvalue weighted by Gasteiger charge is -2.08. The first-order valence-electron chi connectivity index (χ1n) is 8.50. The number of aryl methyl sites for hydroxylation is 1. The lowest BCUT2D eigenvalue weighted by Crippen LogP contribution is -2.11. The van der Waals surface area contributed by atoms with Crippen LogP contribution in [0.15, 0.2) is 94.2 Å². The Morgan fingerprint density at radius 1 is 0.731 bits per heavy atom. The summed E-state index contributed by atoms with van der Waals surface area (Å²) in [6, 6.07) is 26.4. The van der Waals surface area contributed by atoms with E-state index in [0.717, 1.165) is 16.7 Å². The van der Waals surface area contributed by atoms with Crippen molar-refractivity contribution in [3.63, 3.8) is 0 Å². The molecule has 0 aromatic heterocycles. The minimum Gasteiger partial charge on any atom is -0.199 e. The smallest absolute Gasteiger partial charge is 0.199 e. The second-order valence-electron chi connectivity index (χ2n) is 6.27. The first-order chi connectivity index (χ1) is 12.5. The van der Waals surface area contributed by atoms with Crippen LogP contribution in [0, 0.1) is 6.92 Å². The minimum absolute atomic E-state index is 0.224. The van der Waals surface area contributed by atoms with E-state index in [1.807, 2.05) is 67.6 Å². The van der Waals surface area contributed by atoms with Gasteiger partial charge in [0.2, 0.25) is 0 Å². The predicted octanol–water partition coefficient (Wildman–Crippen LogP) is 4.61. The van der Waals surface area contributed by atoms with E-state index >= 15 is 0 Å². The van der Waals surface area contributed by atoms with E-state index < -0.39 is 10.0 Å². The third kappa shape index (κ3) is 4.90. The Hall–Kier alpha value is -2.72. The third-order valence-electron chi connectivity index (χ3n) is 4.07. The summed E-state index contributed by atoms with van der Waals surface area (Å²) in [4.78, 5) is 0.224. The molecule has 0 amide bonds. The molecule has 0 saturated heterocycles. The zero-order valence-electron chi connectivity index (χ0n) is 14.7. The normalized spacial score (nSPS) is 11.1. The monoisotopic (exact) mass is 363 g/mol. The zero-order chi connectivity index (χ0) is 18.4. The van der Waals surface area contributed by atoms with Crippen LogP contribution in [0.4, 0.5) is 0 Å². The van der Waals surface area contributed by atoms with Crippen LogP contribution in [0.1, 0.15) is 16.7 Å². The van der Waals surface area contributed by atoms with E-state index in [2.05, 4.69) is 4.40 Å². The Morgan fingerprint density at radius 2 is 1.19 bits per heavy atom. The topological polar surface area (TPSA) is 46.5 Å². The molecular weight excluding hydrogens is 342 g/mol. The maximum atomic E-state index is 12.7. The molecule has 0 unspecified atom stereocenters. The summed E-state index contributed by atoms with van der Waals surface area (Å²) in [6.07, 6.45) is 1.00. The number of sulfonamides is 1. The lowest BCUT2D eigenvalue weighted by molar-refractivity contribution is 0.598. The molecule has 3 rings (SSSR count). The fraction of sp³-hybridized carbons (Fsp3) is 0.136. The molecular formula is C22H21NO2S. The second-order valence-corrected chi connectivity index (χ2v) is 7.87. The van der Waals surface area contributed by atoms with Crippen LogP contribution in [-0.2, 0) is 22.9 Å². The molecule has 0 heterocycles. The summed E-state index contributed by atoms with van der Waals surface area (Å²) in [6.45, 7) is 1.93. The van der Waals surface area contributed by atoms with Gasteiger partial charge in [-0.3, -0.25) is 0 Å². The average molecular weight is 363 g/mol. The molecule has 3 aromatic rings. The Balaban J connectivity index is 1.95. The lowest BCUT2D eigenvalue weighted by atomic mass is 10.0. The SMILES string of the molecule is Cc1ccc(S(=O)(=O)N=C(Cc2ccccc2)Cc2ccccc2)cc1. The Labute approximate surface area is 155 Å². The van der Waals surface area contributed by atoms with E-state index in [0.29, 0.717) is 18.6 Å². The van der Waals surface area contributed by atoms with Gasteiger partial charge >= 0.3 is 0 Å². The molecule has 0 atom stereocenters. The Kier molecular flexibility index (Phi) is 5.64. The fourth-order valence-electron chi connectivity index (χ4n) is 2.72. The van der Waals surface area contributed by atoms with Gasteiger partial charge in [-0.2, -0.15) is 12.8 Å².